The molecule has 0 saturated heterocycles. The Balaban J connectivity index is 2.06. The zero-order valence-electron chi connectivity index (χ0n) is 14.9. The number of nitrogens with zero attached hydrogens (tertiary/aromatic N) is 2. The van der Waals surface area contributed by atoms with Crippen LogP contribution < -0.4 is 5.32 Å². The SMILES string of the molecule is Cc1ccc(-c2ccc(C#N)c(SCC(=O)NCCC(C)C)n2)cc1. The smallest absolute Gasteiger partial charge is 0.230 e. The van der Waals surface area contributed by atoms with E-state index in [9.17, 15) is 10.1 Å². The van der Waals surface area contributed by atoms with E-state index in [-0.39, 0.29) is 11.7 Å². The fourth-order valence-corrected chi connectivity index (χ4v) is 3.01. The molecule has 1 N–H and O–H groups in total. The van der Waals surface area contributed by atoms with Gasteiger partial charge in [-0.25, -0.2) is 4.98 Å². The van der Waals surface area contributed by atoms with E-state index in [1.165, 1.54) is 17.3 Å². The summed E-state index contributed by atoms with van der Waals surface area (Å²) in [4.78, 5) is 16.5. The maximum absolute atomic E-state index is 11.9. The predicted molar refractivity (Wildman–Crippen MR) is 102 cm³/mol. The van der Waals surface area contributed by atoms with Crippen LogP contribution in [0.5, 0.6) is 0 Å². The van der Waals surface area contributed by atoms with Gasteiger partial charge in [-0.3, -0.25) is 4.79 Å². The number of carbonyl (C=O) groups is 1. The molecule has 0 aliphatic rings. The van der Waals surface area contributed by atoms with Gasteiger partial charge in [0.2, 0.25) is 5.91 Å². The summed E-state index contributed by atoms with van der Waals surface area (Å²) in [5.74, 6) is 0.792. The molecule has 2 rings (SSSR count). The summed E-state index contributed by atoms with van der Waals surface area (Å²) < 4.78 is 0. The molecule has 25 heavy (non-hydrogen) atoms. The molecule has 0 spiro atoms. The molecule has 2 aromatic rings. The number of aryl methyl sites for hydroxylation is 1. The van der Waals surface area contributed by atoms with E-state index in [2.05, 4.69) is 30.2 Å². The Kier molecular flexibility index (Phi) is 7.03. The number of aromatic nitrogens is 1. The molecule has 1 aromatic carbocycles. The van der Waals surface area contributed by atoms with Crippen molar-refractivity contribution in [2.45, 2.75) is 32.2 Å². The molecule has 0 aliphatic carbocycles. The highest BCUT2D eigenvalue weighted by atomic mass is 32.2. The zero-order valence-corrected chi connectivity index (χ0v) is 15.7. The minimum atomic E-state index is -0.0305. The Morgan fingerprint density at radius 3 is 2.60 bits per heavy atom. The molecule has 0 radical (unpaired) electrons. The molecule has 1 heterocycles. The fourth-order valence-electron chi connectivity index (χ4n) is 2.21. The van der Waals surface area contributed by atoms with Crippen LogP contribution in [0.4, 0.5) is 0 Å². The lowest BCUT2D eigenvalue weighted by atomic mass is 10.1. The van der Waals surface area contributed by atoms with Crippen LogP contribution in [-0.4, -0.2) is 23.2 Å². The minimum absolute atomic E-state index is 0.0305. The third-order valence-electron chi connectivity index (χ3n) is 3.71. The van der Waals surface area contributed by atoms with E-state index in [1.807, 2.05) is 37.3 Å². The van der Waals surface area contributed by atoms with Gasteiger partial charge in [-0.15, -0.1) is 0 Å². The van der Waals surface area contributed by atoms with E-state index in [0.29, 0.717) is 23.1 Å². The van der Waals surface area contributed by atoms with Gasteiger partial charge in [-0.1, -0.05) is 55.4 Å². The van der Waals surface area contributed by atoms with Gasteiger partial charge >= 0.3 is 0 Å². The maximum atomic E-state index is 11.9. The van der Waals surface area contributed by atoms with Crippen LogP contribution in [0.25, 0.3) is 11.3 Å². The average Bonchev–Trinajstić information content (AvgIpc) is 2.60. The third-order valence-corrected chi connectivity index (χ3v) is 4.70. The monoisotopic (exact) mass is 353 g/mol. The average molecular weight is 353 g/mol. The number of nitriles is 1. The lowest BCUT2D eigenvalue weighted by Crippen LogP contribution is -2.27. The lowest BCUT2D eigenvalue weighted by Gasteiger charge is -2.09. The third kappa shape index (κ3) is 5.91. The van der Waals surface area contributed by atoms with Crippen LogP contribution in [0.1, 0.15) is 31.4 Å². The maximum Gasteiger partial charge on any atom is 0.230 e. The van der Waals surface area contributed by atoms with E-state index in [1.54, 1.807) is 6.07 Å². The van der Waals surface area contributed by atoms with Crippen LogP contribution in [0, 0.1) is 24.2 Å². The van der Waals surface area contributed by atoms with Gasteiger partial charge in [0.1, 0.15) is 11.1 Å². The van der Waals surface area contributed by atoms with Crippen LogP contribution in [0.2, 0.25) is 0 Å². The van der Waals surface area contributed by atoms with Crippen molar-refractivity contribution < 1.29 is 4.79 Å². The van der Waals surface area contributed by atoms with E-state index in [4.69, 9.17) is 0 Å². The first-order valence-electron chi connectivity index (χ1n) is 8.37. The number of benzene rings is 1. The first-order valence-corrected chi connectivity index (χ1v) is 9.36. The van der Waals surface area contributed by atoms with Gasteiger partial charge in [0.25, 0.3) is 0 Å². The van der Waals surface area contributed by atoms with Crippen molar-refractivity contribution in [2.24, 2.45) is 5.92 Å². The van der Waals surface area contributed by atoms with Crippen molar-refractivity contribution in [1.29, 1.82) is 5.26 Å². The molecule has 130 valence electrons. The van der Waals surface area contributed by atoms with E-state index >= 15 is 0 Å². The first-order chi connectivity index (χ1) is 12.0. The number of nitrogens with one attached hydrogen (secondary N) is 1. The van der Waals surface area contributed by atoms with Gasteiger partial charge < -0.3 is 5.32 Å². The summed E-state index contributed by atoms with van der Waals surface area (Å²) in [5.41, 5.74) is 3.49. The second-order valence-corrected chi connectivity index (χ2v) is 7.31. The molecule has 0 aliphatic heterocycles. The zero-order chi connectivity index (χ0) is 18.2. The number of carbonyl (C=O) groups excluding carboxylic acids is 1. The molecule has 4 nitrogen and oxygen atoms in total. The topological polar surface area (TPSA) is 65.8 Å². The second-order valence-electron chi connectivity index (χ2n) is 6.35. The quantitative estimate of drug-likeness (QED) is 0.758. The molecule has 5 heteroatoms. The van der Waals surface area contributed by atoms with E-state index < -0.39 is 0 Å². The van der Waals surface area contributed by atoms with Crippen molar-refractivity contribution in [2.75, 3.05) is 12.3 Å². The Hall–Kier alpha value is -2.32. The number of thioether (sulfide) groups is 1. The van der Waals surface area contributed by atoms with E-state index in [0.717, 1.165) is 17.7 Å². The Morgan fingerprint density at radius 2 is 1.96 bits per heavy atom. The number of hydrogen-bond donors (Lipinski definition) is 1. The minimum Gasteiger partial charge on any atom is -0.355 e. The van der Waals surface area contributed by atoms with Crippen LogP contribution in [0.3, 0.4) is 0 Å². The molecule has 0 bridgehead atoms. The van der Waals surface area contributed by atoms with Crippen LogP contribution in [-0.2, 0) is 4.79 Å². The van der Waals surface area contributed by atoms with Crippen LogP contribution >= 0.6 is 11.8 Å². The molecular weight excluding hydrogens is 330 g/mol. The van der Waals surface area contributed by atoms with Crippen molar-refractivity contribution in [3.05, 3.63) is 47.5 Å². The van der Waals surface area contributed by atoms with Crippen LogP contribution in [0.15, 0.2) is 41.4 Å². The summed E-state index contributed by atoms with van der Waals surface area (Å²) >= 11 is 1.30. The highest BCUT2D eigenvalue weighted by molar-refractivity contribution is 8.00. The van der Waals surface area contributed by atoms with Crippen molar-refractivity contribution in [1.82, 2.24) is 10.3 Å². The summed E-state index contributed by atoms with van der Waals surface area (Å²) in [7, 11) is 0. The molecule has 0 saturated carbocycles. The summed E-state index contributed by atoms with van der Waals surface area (Å²) in [5, 5.41) is 12.8. The van der Waals surface area contributed by atoms with Crippen molar-refractivity contribution in [3.8, 4) is 17.3 Å². The number of amides is 1. The van der Waals surface area contributed by atoms with Gasteiger partial charge in [-0.05, 0) is 31.4 Å². The van der Waals surface area contributed by atoms with Crippen molar-refractivity contribution in [3.63, 3.8) is 0 Å². The summed E-state index contributed by atoms with van der Waals surface area (Å²) in [6.07, 6.45) is 0.959. The number of rotatable bonds is 7. The predicted octanol–water partition coefficient (Wildman–Crippen LogP) is 4.18. The fraction of sp³-hybridized carbons (Fsp3) is 0.350. The second kappa shape index (κ2) is 9.24. The summed E-state index contributed by atoms with van der Waals surface area (Å²) in [6, 6.07) is 13.8. The first kappa shape index (κ1) is 19.0. The molecule has 0 fully saturated rings. The highest BCUT2D eigenvalue weighted by Gasteiger charge is 2.10. The highest BCUT2D eigenvalue weighted by Crippen LogP contribution is 2.25. The van der Waals surface area contributed by atoms with Gasteiger partial charge in [-0.2, -0.15) is 5.26 Å². The Bertz CT molecular complexity index is 764. The standard InChI is InChI=1S/C20H23N3OS/c1-14(2)10-11-22-19(24)13-25-20-17(12-21)8-9-18(23-20)16-6-4-15(3)5-7-16/h4-9,14H,10-11,13H2,1-3H3,(H,22,24). The van der Waals surface area contributed by atoms with Gasteiger partial charge in [0.15, 0.2) is 0 Å². The van der Waals surface area contributed by atoms with Gasteiger partial charge in [0, 0.05) is 12.1 Å². The Labute approximate surface area is 153 Å². The normalized spacial score (nSPS) is 10.5. The molecular formula is C20H23N3OS. The Morgan fingerprint density at radius 1 is 1.24 bits per heavy atom. The van der Waals surface area contributed by atoms with Crippen molar-refractivity contribution >= 4 is 17.7 Å². The molecule has 0 unspecified atom stereocenters. The van der Waals surface area contributed by atoms with Gasteiger partial charge in [0.05, 0.1) is 17.0 Å². The molecule has 1 amide bonds. The molecule has 0 atom stereocenters. The summed E-state index contributed by atoms with van der Waals surface area (Å²) in [6.45, 7) is 6.97. The number of pyridine rings is 1. The number of hydrogen-bond acceptors (Lipinski definition) is 4. The molecule has 1 aromatic heterocycles. The largest absolute Gasteiger partial charge is 0.355 e. The lowest BCUT2D eigenvalue weighted by molar-refractivity contribution is -0.118.